The Labute approximate surface area is 132 Å². The van der Waals surface area contributed by atoms with Crippen molar-refractivity contribution in [2.24, 2.45) is 0 Å². The van der Waals surface area contributed by atoms with E-state index in [9.17, 15) is 0 Å². The maximum Gasteiger partial charge on any atom is 0.138 e. The van der Waals surface area contributed by atoms with Crippen LogP contribution in [0.1, 0.15) is 6.42 Å². The molecule has 0 bridgehead atoms. The van der Waals surface area contributed by atoms with Gasteiger partial charge in [0.15, 0.2) is 0 Å². The molecule has 1 N–H and O–H groups in total. The molecule has 3 aromatic rings. The lowest BCUT2D eigenvalue weighted by Gasteiger charge is -2.05. The van der Waals surface area contributed by atoms with Crippen molar-refractivity contribution in [1.29, 1.82) is 0 Å². The van der Waals surface area contributed by atoms with E-state index in [2.05, 4.69) is 9.97 Å². The molecule has 0 aliphatic rings. The van der Waals surface area contributed by atoms with E-state index >= 15 is 0 Å². The van der Waals surface area contributed by atoms with Crippen LogP contribution in [-0.2, 0) is 0 Å². The number of hydrogen-bond donors (Lipinski definition) is 1. The van der Waals surface area contributed by atoms with Gasteiger partial charge in [0.1, 0.15) is 11.6 Å². The third-order valence-corrected chi connectivity index (χ3v) is 3.62. The lowest BCUT2D eigenvalue weighted by Crippen LogP contribution is -1.97. The molecule has 0 aliphatic heterocycles. The van der Waals surface area contributed by atoms with Crippen LogP contribution < -0.4 is 4.74 Å². The highest BCUT2D eigenvalue weighted by molar-refractivity contribution is 6.31. The molecule has 1 heterocycles. The van der Waals surface area contributed by atoms with Crippen molar-refractivity contribution >= 4 is 34.2 Å². The van der Waals surface area contributed by atoms with Gasteiger partial charge in [-0.3, -0.25) is 0 Å². The first-order valence-electron chi connectivity index (χ1n) is 6.71. The minimum Gasteiger partial charge on any atom is -0.494 e. The maximum absolute atomic E-state index is 5.98. The van der Waals surface area contributed by atoms with Gasteiger partial charge in [-0.25, -0.2) is 4.98 Å². The molecular formula is C16H14Cl2N2O. The van der Waals surface area contributed by atoms with Gasteiger partial charge in [0, 0.05) is 16.5 Å². The van der Waals surface area contributed by atoms with Gasteiger partial charge in [-0.15, -0.1) is 11.6 Å². The summed E-state index contributed by atoms with van der Waals surface area (Å²) in [4.78, 5) is 7.83. The molecule has 0 unspecified atom stereocenters. The predicted octanol–water partition coefficient (Wildman–Crippen LogP) is 4.89. The number of fused-ring (bicyclic) bond motifs is 1. The number of alkyl halides is 1. The molecule has 2 aromatic carbocycles. The largest absolute Gasteiger partial charge is 0.494 e. The normalized spacial score (nSPS) is 11.0. The van der Waals surface area contributed by atoms with E-state index in [4.69, 9.17) is 27.9 Å². The number of benzene rings is 2. The zero-order valence-corrected chi connectivity index (χ0v) is 12.8. The highest BCUT2D eigenvalue weighted by Crippen LogP contribution is 2.24. The molecule has 5 heteroatoms. The molecule has 0 saturated carbocycles. The molecular weight excluding hydrogens is 307 g/mol. The van der Waals surface area contributed by atoms with Crippen LogP contribution in [0.15, 0.2) is 42.5 Å². The Hall–Kier alpha value is -1.71. The van der Waals surface area contributed by atoms with Gasteiger partial charge in [0.2, 0.25) is 0 Å². The first-order valence-corrected chi connectivity index (χ1v) is 7.62. The molecule has 0 saturated heterocycles. The van der Waals surface area contributed by atoms with E-state index in [0.29, 0.717) is 17.5 Å². The summed E-state index contributed by atoms with van der Waals surface area (Å²) in [6.45, 7) is 0.631. The monoisotopic (exact) mass is 320 g/mol. The average molecular weight is 321 g/mol. The van der Waals surface area contributed by atoms with E-state index in [-0.39, 0.29) is 0 Å². The fraction of sp³-hybridized carbons (Fsp3) is 0.188. The van der Waals surface area contributed by atoms with Gasteiger partial charge in [-0.2, -0.15) is 0 Å². The van der Waals surface area contributed by atoms with Crippen molar-refractivity contribution in [3.8, 4) is 17.1 Å². The molecule has 3 rings (SSSR count). The summed E-state index contributed by atoms with van der Waals surface area (Å²) in [5.41, 5.74) is 2.84. The van der Waals surface area contributed by atoms with Crippen LogP contribution >= 0.6 is 23.2 Å². The van der Waals surface area contributed by atoms with Crippen molar-refractivity contribution in [3.63, 3.8) is 0 Å². The van der Waals surface area contributed by atoms with Gasteiger partial charge < -0.3 is 9.72 Å². The minimum absolute atomic E-state index is 0.611. The fourth-order valence-corrected chi connectivity index (χ4v) is 2.35. The second-order valence-electron chi connectivity index (χ2n) is 4.66. The highest BCUT2D eigenvalue weighted by Gasteiger charge is 2.06. The summed E-state index contributed by atoms with van der Waals surface area (Å²) < 4.78 is 5.58. The molecule has 0 aliphatic carbocycles. The van der Waals surface area contributed by atoms with E-state index in [1.807, 2.05) is 42.5 Å². The first-order chi connectivity index (χ1) is 10.3. The van der Waals surface area contributed by atoms with Gasteiger partial charge in [-0.05, 0) is 48.9 Å². The summed E-state index contributed by atoms with van der Waals surface area (Å²) in [6, 6.07) is 13.4. The number of halogens is 2. The zero-order valence-electron chi connectivity index (χ0n) is 11.3. The lowest BCUT2D eigenvalue weighted by molar-refractivity contribution is 0.318. The molecule has 0 atom stereocenters. The van der Waals surface area contributed by atoms with Gasteiger partial charge in [-0.1, -0.05) is 11.6 Å². The topological polar surface area (TPSA) is 37.9 Å². The maximum atomic E-state index is 5.98. The van der Waals surface area contributed by atoms with Crippen molar-refractivity contribution in [1.82, 2.24) is 9.97 Å². The number of ether oxygens (including phenoxy) is 1. The Morgan fingerprint density at radius 1 is 1.10 bits per heavy atom. The van der Waals surface area contributed by atoms with Crippen LogP contribution in [0, 0.1) is 0 Å². The van der Waals surface area contributed by atoms with Crippen molar-refractivity contribution < 1.29 is 4.74 Å². The summed E-state index contributed by atoms with van der Waals surface area (Å²) in [7, 11) is 0. The van der Waals surface area contributed by atoms with Crippen LogP contribution in [-0.4, -0.2) is 22.5 Å². The standard InChI is InChI=1S/C16H14Cl2N2O/c17-8-1-9-21-13-5-2-11(3-6-13)16-19-14-7-4-12(18)10-15(14)20-16/h2-7,10H,1,8-9H2,(H,19,20). The molecule has 0 fully saturated rings. The van der Waals surface area contributed by atoms with E-state index in [1.54, 1.807) is 0 Å². The van der Waals surface area contributed by atoms with Crippen LogP contribution in [0.2, 0.25) is 5.02 Å². The molecule has 1 aromatic heterocycles. The van der Waals surface area contributed by atoms with Gasteiger partial charge in [0.25, 0.3) is 0 Å². The number of aromatic nitrogens is 2. The van der Waals surface area contributed by atoms with Crippen LogP contribution in [0.5, 0.6) is 5.75 Å². The zero-order chi connectivity index (χ0) is 14.7. The first kappa shape index (κ1) is 14.2. The molecule has 3 nitrogen and oxygen atoms in total. The number of aromatic amines is 1. The predicted molar refractivity (Wildman–Crippen MR) is 87.4 cm³/mol. The Bertz CT molecular complexity index is 738. The summed E-state index contributed by atoms with van der Waals surface area (Å²) in [5, 5.41) is 0.695. The van der Waals surface area contributed by atoms with Crippen LogP contribution in [0.4, 0.5) is 0 Å². The number of rotatable bonds is 5. The van der Waals surface area contributed by atoms with Gasteiger partial charge >= 0.3 is 0 Å². The molecule has 0 spiro atoms. The van der Waals surface area contributed by atoms with Crippen LogP contribution in [0.3, 0.4) is 0 Å². The molecule has 0 radical (unpaired) electrons. The molecule has 108 valence electrons. The Morgan fingerprint density at radius 3 is 2.67 bits per heavy atom. The number of hydrogen-bond acceptors (Lipinski definition) is 2. The quantitative estimate of drug-likeness (QED) is 0.536. The van der Waals surface area contributed by atoms with Crippen molar-refractivity contribution in [3.05, 3.63) is 47.5 Å². The van der Waals surface area contributed by atoms with Crippen LogP contribution in [0.25, 0.3) is 22.4 Å². The average Bonchev–Trinajstić information content (AvgIpc) is 2.91. The summed E-state index contributed by atoms with van der Waals surface area (Å²) in [6.07, 6.45) is 0.841. The minimum atomic E-state index is 0.611. The summed E-state index contributed by atoms with van der Waals surface area (Å²) in [5.74, 6) is 2.27. The van der Waals surface area contributed by atoms with Crippen molar-refractivity contribution in [2.45, 2.75) is 6.42 Å². The number of nitrogens with one attached hydrogen (secondary N) is 1. The van der Waals surface area contributed by atoms with E-state index in [1.165, 1.54) is 0 Å². The van der Waals surface area contributed by atoms with E-state index < -0.39 is 0 Å². The van der Waals surface area contributed by atoms with E-state index in [0.717, 1.165) is 34.6 Å². The third kappa shape index (κ3) is 3.31. The third-order valence-electron chi connectivity index (χ3n) is 3.12. The molecule has 21 heavy (non-hydrogen) atoms. The fourth-order valence-electron chi connectivity index (χ4n) is 2.07. The van der Waals surface area contributed by atoms with Gasteiger partial charge in [0.05, 0.1) is 17.6 Å². The second-order valence-corrected chi connectivity index (χ2v) is 5.48. The number of nitrogens with zero attached hydrogens (tertiary/aromatic N) is 1. The summed E-state index contributed by atoms with van der Waals surface area (Å²) >= 11 is 11.6. The number of H-pyrrole nitrogens is 1. The Kier molecular flexibility index (Phi) is 4.32. The molecule has 0 amide bonds. The Morgan fingerprint density at radius 2 is 1.90 bits per heavy atom. The second kappa shape index (κ2) is 6.37. The lowest BCUT2D eigenvalue weighted by atomic mass is 10.2. The highest BCUT2D eigenvalue weighted by atomic mass is 35.5. The smallest absolute Gasteiger partial charge is 0.138 e. The SMILES string of the molecule is ClCCCOc1ccc(-c2nc3ccc(Cl)cc3[nH]2)cc1. The van der Waals surface area contributed by atoms with Crippen molar-refractivity contribution in [2.75, 3.05) is 12.5 Å². The number of imidazole rings is 1. The Balaban J connectivity index is 1.81.